The molecule has 0 heterocycles. The second-order valence-corrected chi connectivity index (χ2v) is 8.34. The second kappa shape index (κ2) is 7.26. The van der Waals surface area contributed by atoms with Crippen LogP contribution in [0.15, 0.2) is 30.3 Å². The summed E-state index contributed by atoms with van der Waals surface area (Å²) in [6.07, 6.45) is 10.9. The Hall–Kier alpha value is -2.10. The third-order valence-corrected chi connectivity index (χ3v) is 6.32. The molecule has 1 aromatic carbocycles. The Kier molecular flexibility index (Phi) is 4.84. The van der Waals surface area contributed by atoms with Crippen molar-refractivity contribution < 1.29 is 9.59 Å². The van der Waals surface area contributed by atoms with Gasteiger partial charge in [-0.2, -0.15) is 0 Å². The molecular weight excluding hydrogens is 324 g/mol. The summed E-state index contributed by atoms with van der Waals surface area (Å²) in [6.45, 7) is 2.14. The van der Waals surface area contributed by atoms with Crippen LogP contribution in [0.25, 0.3) is 6.08 Å². The van der Waals surface area contributed by atoms with Gasteiger partial charge in [-0.25, -0.2) is 0 Å². The van der Waals surface area contributed by atoms with Crippen LogP contribution in [-0.4, -0.2) is 23.9 Å². The zero-order chi connectivity index (χ0) is 18.1. The minimum Gasteiger partial charge on any atom is -0.350 e. The normalized spacial score (nSPS) is 28.3. The fourth-order valence-electron chi connectivity index (χ4n) is 4.70. The molecule has 0 aliphatic heterocycles. The summed E-state index contributed by atoms with van der Waals surface area (Å²) in [6, 6.07) is 8.00. The maximum Gasteiger partial charge on any atom is 0.251 e. The van der Waals surface area contributed by atoms with Gasteiger partial charge in [-0.05, 0) is 80.6 Å². The number of hydrogen-bond donors (Lipinski definition) is 2. The molecule has 2 bridgehead atoms. The molecule has 4 rings (SSSR count). The number of nitrogens with one attached hydrogen (secondary N) is 2. The number of fused-ring (bicyclic) bond motifs is 2. The molecule has 138 valence electrons. The van der Waals surface area contributed by atoms with Crippen molar-refractivity contribution in [3.63, 3.8) is 0 Å². The summed E-state index contributed by atoms with van der Waals surface area (Å²) in [4.78, 5) is 24.2. The van der Waals surface area contributed by atoms with Gasteiger partial charge in [0, 0.05) is 23.7 Å². The Morgan fingerprint density at radius 3 is 2.46 bits per heavy atom. The van der Waals surface area contributed by atoms with Gasteiger partial charge >= 0.3 is 0 Å². The van der Waals surface area contributed by atoms with Crippen molar-refractivity contribution in [2.75, 3.05) is 0 Å². The van der Waals surface area contributed by atoms with Gasteiger partial charge in [-0.15, -0.1) is 0 Å². The van der Waals surface area contributed by atoms with Crippen molar-refractivity contribution in [3.05, 3.63) is 41.5 Å². The number of amides is 2. The number of carbonyl (C=O) groups is 2. The van der Waals surface area contributed by atoms with Gasteiger partial charge in [0.2, 0.25) is 5.91 Å². The minimum absolute atomic E-state index is 0.0135. The van der Waals surface area contributed by atoms with E-state index in [9.17, 15) is 9.59 Å². The standard InChI is InChI=1S/C22H28N2O2/c1-14(20-13-16-4-8-18(20)12-16)23-21(25)11-5-15-2-6-17(7-3-15)22(26)24-19-9-10-19/h2-3,5-7,11,14,16,18-20H,4,8-10,12-13H2,1H3,(H,23,25)(H,24,26)/b11-5+. The van der Waals surface area contributed by atoms with Gasteiger partial charge in [0.25, 0.3) is 5.91 Å². The summed E-state index contributed by atoms with van der Waals surface area (Å²) in [5, 5.41) is 6.12. The number of hydrogen-bond acceptors (Lipinski definition) is 2. The lowest BCUT2D eigenvalue weighted by atomic mass is 9.84. The van der Waals surface area contributed by atoms with E-state index < -0.39 is 0 Å². The molecule has 2 amide bonds. The van der Waals surface area contributed by atoms with E-state index in [0.717, 1.165) is 30.2 Å². The Morgan fingerprint density at radius 2 is 1.85 bits per heavy atom. The molecule has 3 aliphatic carbocycles. The van der Waals surface area contributed by atoms with Crippen LogP contribution in [0.4, 0.5) is 0 Å². The average Bonchev–Trinajstić information content (AvgIpc) is 3.19. The first-order chi connectivity index (χ1) is 12.6. The van der Waals surface area contributed by atoms with E-state index in [-0.39, 0.29) is 17.9 Å². The van der Waals surface area contributed by atoms with Crippen LogP contribution in [0.1, 0.15) is 61.4 Å². The van der Waals surface area contributed by atoms with Gasteiger partial charge in [-0.1, -0.05) is 18.6 Å². The first-order valence-electron chi connectivity index (χ1n) is 9.98. The lowest BCUT2D eigenvalue weighted by Crippen LogP contribution is -2.39. The van der Waals surface area contributed by atoms with E-state index >= 15 is 0 Å². The van der Waals surface area contributed by atoms with Gasteiger partial charge in [0.05, 0.1) is 0 Å². The molecule has 3 fully saturated rings. The lowest BCUT2D eigenvalue weighted by molar-refractivity contribution is -0.117. The minimum atomic E-state index is -0.0316. The summed E-state index contributed by atoms with van der Waals surface area (Å²) in [5.41, 5.74) is 1.60. The number of benzene rings is 1. The molecule has 0 aromatic heterocycles. The Labute approximate surface area is 155 Å². The maximum atomic E-state index is 12.2. The van der Waals surface area contributed by atoms with Crippen LogP contribution < -0.4 is 10.6 Å². The summed E-state index contributed by atoms with van der Waals surface area (Å²) in [7, 11) is 0. The third-order valence-electron chi connectivity index (χ3n) is 6.32. The fraction of sp³-hybridized carbons (Fsp3) is 0.545. The van der Waals surface area contributed by atoms with Crippen molar-refractivity contribution in [1.29, 1.82) is 0 Å². The van der Waals surface area contributed by atoms with Crippen molar-refractivity contribution in [1.82, 2.24) is 10.6 Å². The highest BCUT2D eigenvalue weighted by molar-refractivity contribution is 5.95. The smallest absolute Gasteiger partial charge is 0.251 e. The molecule has 4 atom stereocenters. The molecular formula is C22H28N2O2. The number of carbonyl (C=O) groups excluding carboxylic acids is 2. The molecule has 4 unspecified atom stereocenters. The Morgan fingerprint density at radius 1 is 1.08 bits per heavy atom. The summed E-state index contributed by atoms with van der Waals surface area (Å²) >= 11 is 0. The highest BCUT2D eigenvalue weighted by Crippen LogP contribution is 2.49. The van der Waals surface area contributed by atoms with Crippen LogP contribution in [0.3, 0.4) is 0 Å². The molecule has 1 aromatic rings. The maximum absolute atomic E-state index is 12.2. The lowest BCUT2D eigenvalue weighted by Gasteiger charge is -2.28. The van der Waals surface area contributed by atoms with E-state index in [2.05, 4.69) is 17.6 Å². The van der Waals surface area contributed by atoms with Crippen molar-refractivity contribution >= 4 is 17.9 Å². The van der Waals surface area contributed by atoms with Crippen molar-refractivity contribution in [2.45, 2.75) is 57.5 Å². The van der Waals surface area contributed by atoms with Gasteiger partial charge in [0.15, 0.2) is 0 Å². The van der Waals surface area contributed by atoms with E-state index in [1.165, 1.54) is 25.7 Å². The quantitative estimate of drug-likeness (QED) is 0.770. The molecule has 0 radical (unpaired) electrons. The van der Waals surface area contributed by atoms with E-state index in [1.807, 2.05) is 30.3 Å². The number of rotatable bonds is 6. The molecule has 2 N–H and O–H groups in total. The van der Waals surface area contributed by atoms with Crippen LogP contribution in [0.5, 0.6) is 0 Å². The van der Waals surface area contributed by atoms with Crippen molar-refractivity contribution in [3.8, 4) is 0 Å². The van der Waals surface area contributed by atoms with E-state index in [0.29, 0.717) is 17.5 Å². The van der Waals surface area contributed by atoms with E-state index in [1.54, 1.807) is 6.08 Å². The summed E-state index contributed by atoms with van der Waals surface area (Å²) in [5.74, 6) is 2.32. The van der Waals surface area contributed by atoms with Crippen LogP contribution in [0.2, 0.25) is 0 Å². The fourth-order valence-corrected chi connectivity index (χ4v) is 4.70. The Balaban J connectivity index is 1.28. The SMILES string of the molecule is CC(NC(=O)/C=C/c1ccc(C(=O)NC2CC2)cc1)C1CC2CCC1C2. The predicted molar refractivity (Wildman–Crippen MR) is 103 cm³/mol. The van der Waals surface area contributed by atoms with Crippen LogP contribution >= 0.6 is 0 Å². The largest absolute Gasteiger partial charge is 0.350 e. The first kappa shape index (κ1) is 17.3. The zero-order valence-corrected chi connectivity index (χ0v) is 15.4. The van der Waals surface area contributed by atoms with Gasteiger partial charge < -0.3 is 10.6 Å². The monoisotopic (exact) mass is 352 g/mol. The predicted octanol–water partition coefficient (Wildman–Crippen LogP) is 3.53. The first-order valence-corrected chi connectivity index (χ1v) is 9.98. The molecule has 4 heteroatoms. The average molecular weight is 352 g/mol. The van der Waals surface area contributed by atoms with Crippen molar-refractivity contribution in [2.24, 2.45) is 17.8 Å². The van der Waals surface area contributed by atoms with Crippen LogP contribution in [-0.2, 0) is 4.79 Å². The third kappa shape index (κ3) is 4.00. The van der Waals surface area contributed by atoms with Crippen LogP contribution in [0, 0.1) is 17.8 Å². The summed E-state index contributed by atoms with van der Waals surface area (Å²) < 4.78 is 0. The van der Waals surface area contributed by atoms with Gasteiger partial charge in [0.1, 0.15) is 0 Å². The molecule has 4 nitrogen and oxygen atoms in total. The molecule has 0 saturated heterocycles. The van der Waals surface area contributed by atoms with Gasteiger partial charge in [-0.3, -0.25) is 9.59 Å². The molecule has 26 heavy (non-hydrogen) atoms. The van der Waals surface area contributed by atoms with E-state index in [4.69, 9.17) is 0 Å². The molecule has 3 saturated carbocycles. The highest BCUT2D eigenvalue weighted by atomic mass is 16.2. The zero-order valence-electron chi connectivity index (χ0n) is 15.4. The Bertz CT molecular complexity index is 705. The highest BCUT2D eigenvalue weighted by Gasteiger charge is 2.41. The molecule has 3 aliphatic rings. The topological polar surface area (TPSA) is 58.2 Å². The molecule has 0 spiro atoms. The second-order valence-electron chi connectivity index (χ2n) is 8.34.